The summed E-state index contributed by atoms with van der Waals surface area (Å²) in [5.41, 5.74) is 3.15. The molecule has 1 aliphatic rings. The van der Waals surface area contributed by atoms with Gasteiger partial charge in [0.05, 0.1) is 24.1 Å². The molecule has 2 heterocycles. The molecule has 31 heavy (non-hydrogen) atoms. The van der Waals surface area contributed by atoms with Gasteiger partial charge in [-0.2, -0.15) is 0 Å². The molecule has 0 bridgehead atoms. The molecule has 0 radical (unpaired) electrons. The summed E-state index contributed by atoms with van der Waals surface area (Å²) in [6.45, 7) is 3.75. The molecule has 3 aromatic rings. The largest absolute Gasteiger partial charge is 0.507 e. The maximum Gasteiger partial charge on any atom is 0.300 e. The van der Waals surface area contributed by atoms with E-state index in [1.807, 2.05) is 26.0 Å². The van der Waals surface area contributed by atoms with Crippen molar-refractivity contribution in [1.29, 1.82) is 0 Å². The fraction of sp³-hybridized carbons (Fsp3) is 0.160. The van der Waals surface area contributed by atoms with Gasteiger partial charge in [-0.25, -0.2) is 0 Å². The molecule has 1 unspecified atom stereocenters. The highest BCUT2D eigenvalue weighted by atomic mass is 16.5. The fourth-order valence-corrected chi connectivity index (χ4v) is 3.86. The van der Waals surface area contributed by atoms with E-state index in [0.717, 1.165) is 11.1 Å². The third kappa shape index (κ3) is 3.46. The average Bonchev–Trinajstić information content (AvgIpc) is 3.06. The van der Waals surface area contributed by atoms with E-state index in [1.165, 1.54) is 12.0 Å². The van der Waals surface area contributed by atoms with E-state index < -0.39 is 17.7 Å². The molecule has 0 spiro atoms. The summed E-state index contributed by atoms with van der Waals surface area (Å²) in [7, 11) is 1.50. The second kappa shape index (κ2) is 8.07. The van der Waals surface area contributed by atoms with Crippen LogP contribution >= 0.6 is 0 Å². The van der Waals surface area contributed by atoms with E-state index in [9.17, 15) is 14.7 Å². The number of nitrogens with zero attached hydrogens (tertiary/aromatic N) is 2. The molecule has 1 amide bonds. The van der Waals surface area contributed by atoms with Crippen molar-refractivity contribution in [1.82, 2.24) is 4.98 Å². The smallest absolute Gasteiger partial charge is 0.300 e. The van der Waals surface area contributed by atoms with Crippen LogP contribution in [0.15, 0.2) is 72.4 Å². The molecule has 6 heteroatoms. The predicted molar refractivity (Wildman–Crippen MR) is 118 cm³/mol. The van der Waals surface area contributed by atoms with Crippen LogP contribution < -0.4 is 9.64 Å². The zero-order valence-electron chi connectivity index (χ0n) is 17.5. The number of aryl methyl sites for hydroxylation is 2. The number of carbonyl (C=O) groups is 2. The number of hydrogen-bond donors (Lipinski definition) is 1. The lowest BCUT2D eigenvalue weighted by molar-refractivity contribution is -0.132. The average molecular weight is 414 g/mol. The Labute approximate surface area is 180 Å². The first kappa shape index (κ1) is 20.3. The van der Waals surface area contributed by atoms with Crippen LogP contribution in [0.25, 0.3) is 5.76 Å². The number of carbonyl (C=O) groups excluding carboxylic acids is 2. The van der Waals surface area contributed by atoms with Gasteiger partial charge in [0, 0.05) is 11.8 Å². The Hall–Kier alpha value is -3.93. The summed E-state index contributed by atoms with van der Waals surface area (Å²) in [6.07, 6.45) is 1.59. The van der Waals surface area contributed by atoms with Gasteiger partial charge in [-0.15, -0.1) is 0 Å². The standard InChI is InChI=1S/C25H22N2O4/c1-15-11-12-16(2)17(14-15)23(28)21-22(18-8-6-7-13-26-18)27(25(30)24(21)29)19-9-4-5-10-20(19)31-3/h4-14,22,28H,1-3H3/b23-21+. The summed E-state index contributed by atoms with van der Waals surface area (Å²) in [4.78, 5) is 32.2. The minimum atomic E-state index is -0.891. The van der Waals surface area contributed by atoms with Crippen molar-refractivity contribution >= 4 is 23.1 Å². The number of pyridine rings is 1. The zero-order valence-corrected chi connectivity index (χ0v) is 17.5. The van der Waals surface area contributed by atoms with E-state index in [4.69, 9.17) is 4.74 Å². The van der Waals surface area contributed by atoms with Gasteiger partial charge in [0.15, 0.2) is 0 Å². The molecule has 1 saturated heterocycles. The molecule has 1 fully saturated rings. The van der Waals surface area contributed by atoms with Gasteiger partial charge in [-0.05, 0) is 49.7 Å². The second-order valence-corrected chi connectivity index (χ2v) is 7.41. The zero-order chi connectivity index (χ0) is 22.1. The molecular formula is C25H22N2O4. The first-order valence-corrected chi connectivity index (χ1v) is 9.86. The van der Waals surface area contributed by atoms with Gasteiger partial charge < -0.3 is 9.84 Å². The van der Waals surface area contributed by atoms with Crippen molar-refractivity contribution in [3.8, 4) is 5.75 Å². The topological polar surface area (TPSA) is 79.7 Å². The van der Waals surface area contributed by atoms with Crippen LogP contribution in [0.3, 0.4) is 0 Å². The Morgan fingerprint density at radius 2 is 1.77 bits per heavy atom. The van der Waals surface area contributed by atoms with Crippen LogP contribution in [0, 0.1) is 13.8 Å². The lowest BCUT2D eigenvalue weighted by Crippen LogP contribution is -2.30. The van der Waals surface area contributed by atoms with Gasteiger partial charge in [0.1, 0.15) is 17.6 Å². The fourth-order valence-electron chi connectivity index (χ4n) is 3.86. The SMILES string of the molecule is COc1ccccc1N1C(=O)C(=O)/C(=C(/O)c2cc(C)ccc2C)C1c1ccccn1. The number of aromatic nitrogens is 1. The Bertz CT molecular complexity index is 1200. The van der Waals surface area contributed by atoms with Gasteiger partial charge in [-0.1, -0.05) is 35.9 Å². The van der Waals surface area contributed by atoms with Crippen molar-refractivity contribution in [2.75, 3.05) is 12.0 Å². The summed E-state index contributed by atoms with van der Waals surface area (Å²) in [5, 5.41) is 11.3. The molecular weight excluding hydrogens is 392 g/mol. The van der Waals surface area contributed by atoms with Crippen LogP contribution in [-0.2, 0) is 9.59 Å². The van der Waals surface area contributed by atoms with Crippen molar-refractivity contribution in [2.45, 2.75) is 19.9 Å². The first-order chi connectivity index (χ1) is 14.9. The molecule has 0 saturated carbocycles. The van der Waals surface area contributed by atoms with Crippen molar-refractivity contribution in [3.63, 3.8) is 0 Å². The van der Waals surface area contributed by atoms with Crippen LogP contribution in [0.1, 0.15) is 28.4 Å². The number of amides is 1. The molecule has 1 aromatic heterocycles. The molecule has 4 rings (SSSR count). The normalized spacial score (nSPS) is 17.8. The van der Waals surface area contributed by atoms with Crippen LogP contribution in [0.5, 0.6) is 5.75 Å². The third-order valence-electron chi connectivity index (χ3n) is 5.41. The summed E-state index contributed by atoms with van der Waals surface area (Å²) < 4.78 is 5.44. The van der Waals surface area contributed by atoms with Gasteiger partial charge >= 0.3 is 0 Å². The van der Waals surface area contributed by atoms with Crippen molar-refractivity contribution in [3.05, 3.63) is 94.8 Å². The van der Waals surface area contributed by atoms with Gasteiger partial charge in [0.25, 0.3) is 11.7 Å². The highest BCUT2D eigenvalue weighted by Gasteiger charge is 2.48. The minimum absolute atomic E-state index is 0.00306. The maximum atomic E-state index is 13.2. The van der Waals surface area contributed by atoms with Crippen LogP contribution in [0.4, 0.5) is 5.69 Å². The lowest BCUT2D eigenvalue weighted by Gasteiger charge is -2.26. The Morgan fingerprint density at radius 3 is 2.48 bits per heavy atom. The molecule has 1 aliphatic heterocycles. The van der Waals surface area contributed by atoms with E-state index >= 15 is 0 Å². The van der Waals surface area contributed by atoms with E-state index in [1.54, 1.807) is 54.7 Å². The number of methoxy groups -OCH3 is 1. The van der Waals surface area contributed by atoms with Crippen molar-refractivity contribution < 1.29 is 19.4 Å². The molecule has 2 aromatic carbocycles. The highest BCUT2D eigenvalue weighted by Crippen LogP contribution is 2.44. The first-order valence-electron chi connectivity index (χ1n) is 9.86. The summed E-state index contributed by atoms with van der Waals surface area (Å²) in [6, 6.07) is 16.9. The number of aliphatic hydroxyl groups is 1. The molecule has 1 atom stereocenters. The summed E-state index contributed by atoms with van der Waals surface area (Å²) in [5.74, 6) is -1.28. The molecule has 156 valence electrons. The lowest BCUT2D eigenvalue weighted by atomic mass is 9.95. The predicted octanol–water partition coefficient (Wildman–Crippen LogP) is 4.33. The number of ketones is 1. The number of aliphatic hydroxyl groups excluding tert-OH is 1. The summed E-state index contributed by atoms with van der Waals surface area (Å²) >= 11 is 0. The molecule has 6 nitrogen and oxygen atoms in total. The van der Waals surface area contributed by atoms with E-state index in [0.29, 0.717) is 22.7 Å². The Kier molecular flexibility index (Phi) is 5.29. The number of hydrogen-bond acceptors (Lipinski definition) is 5. The number of benzene rings is 2. The van der Waals surface area contributed by atoms with Crippen molar-refractivity contribution in [2.24, 2.45) is 0 Å². The maximum absolute atomic E-state index is 13.2. The Morgan fingerprint density at radius 1 is 1.03 bits per heavy atom. The van der Waals surface area contributed by atoms with Gasteiger partial charge in [-0.3, -0.25) is 19.5 Å². The monoisotopic (exact) mass is 414 g/mol. The van der Waals surface area contributed by atoms with Crippen LogP contribution in [-0.4, -0.2) is 28.9 Å². The number of Topliss-reactive ketones (excluding diaryl/α,β-unsaturated/α-hetero) is 1. The number of para-hydroxylation sites is 2. The third-order valence-corrected chi connectivity index (χ3v) is 5.41. The number of ether oxygens (including phenoxy) is 1. The number of rotatable bonds is 4. The molecule has 1 N–H and O–H groups in total. The quantitative estimate of drug-likeness (QED) is 0.390. The van der Waals surface area contributed by atoms with Gasteiger partial charge in [0.2, 0.25) is 0 Å². The molecule has 0 aliphatic carbocycles. The minimum Gasteiger partial charge on any atom is -0.507 e. The number of anilines is 1. The second-order valence-electron chi connectivity index (χ2n) is 7.41. The highest BCUT2D eigenvalue weighted by molar-refractivity contribution is 6.51. The van der Waals surface area contributed by atoms with Crippen LogP contribution in [0.2, 0.25) is 0 Å². The van der Waals surface area contributed by atoms with E-state index in [-0.39, 0.29) is 11.3 Å². The van der Waals surface area contributed by atoms with E-state index in [2.05, 4.69) is 4.98 Å². The Balaban J connectivity index is 2.00.